The van der Waals surface area contributed by atoms with Gasteiger partial charge in [0.1, 0.15) is 9.88 Å². The van der Waals surface area contributed by atoms with Gasteiger partial charge < -0.3 is 5.32 Å². The number of anilines is 1. The van der Waals surface area contributed by atoms with Crippen molar-refractivity contribution in [3.05, 3.63) is 73.8 Å². The van der Waals surface area contributed by atoms with E-state index in [-0.39, 0.29) is 5.91 Å². The molecule has 32 heavy (non-hydrogen) atoms. The molecule has 2 aromatic carbocycles. The molecule has 2 N–H and O–H groups in total. The number of halogens is 1. The Balaban J connectivity index is 1.35. The Hall–Kier alpha value is -3.14. The van der Waals surface area contributed by atoms with Crippen LogP contribution >= 0.6 is 34.5 Å². The zero-order valence-electron chi connectivity index (χ0n) is 17.1. The largest absolute Gasteiger partial charge is 0.321 e. The molecule has 0 saturated carbocycles. The van der Waals surface area contributed by atoms with Crippen molar-refractivity contribution in [1.82, 2.24) is 24.5 Å². The topological polar surface area (TPSA) is 96.5 Å². The number of aromatic nitrogens is 5. The summed E-state index contributed by atoms with van der Waals surface area (Å²) in [5.41, 5.74) is 4.12. The van der Waals surface area contributed by atoms with Crippen molar-refractivity contribution in [3.8, 4) is 11.4 Å². The predicted octanol–water partition coefficient (Wildman–Crippen LogP) is 5.65. The number of carbonyl (C=O) groups excluding carboxylic acids is 1. The number of aromatic amines is 1. The Kier molecular flexibility index (Phi) is 5.46. The van der Waals surface area contributed by atoms with Gasteiger partial charge in [-0.15, -0.1) is 11.3 Å². The Morgan fingerprint density at radius 3 is 2.88 bits per heavy atom. The summed E-state index contributed by atoms with van der Waals surface area (Å²) in [4.78, 5) is 22.2. The summed E-state index contributed by atoms with van der Waals surface area (Å²) in [6, 6.07) is 11.5. The highest BCUT2D eigenvalue weighted by Gasteiger charge is 2.15. The SMILES string of the molecule is Cc1nc(C)c(C(=O)Nc2cccc(-c3nsc(Cc4ccc5[nH]ncc5c4Cl)n3)c2)s1. The number of aryl methyl sites for hydroxylation is 2. The Labute approximate surface area is 196 Å². The van der Waals surface area contributed by atoms with Crippen LogP contribution in [0.4, 0.5) is 5.69 Å². The molecule has 0 bridgehead atoms. The molecule has 0 saturated heterocycles. The van der Waals surface area contributed by atoms with Crippen molar-refractivity contribution in [2.45, 2.75) is 20.3 Å². The van der Waals surface area contributed by atoms with E-state index in [0.29, 0.717) is 27.8 Å². The smallest absolute Gasteiger partial charge is 0.267 e. The second-order valence-electron chi connectivity index (χ2n) is 7.24. The van der Waals surface area contributed by atoms with Crippen LogP contribution in [0.3, 0.4) is 0 Å². The van der Waals surface area contributed by atoms with E-state index in [0.717, 1.165) is 37.7 Å². The Morgan fingerprint density at radius 2 is 2.06 bits per heavy atom. The normalized spacial score (nSPS) is 11.2. The summed E-state index contributed by atoms with van der Waals surface area (Å²) in [5, 5.41) is 13.2. The summed E-state index contributed by atoms with van der Waals surface area (Å²) < 4.78 is 4.51. The summed E-state index contributed by atoms with van der Waals surface area (Å²) in [7, 11) is 0. The van der Waals surface area contributed by atoms with Crippen LogP contribution in [-0.4, -0.2) is 30.4 Å². The monoisotopic (exact) mass is 480 g/mol. The molecule has 1 amide bonds. The van der Waals surface area contributed by atoms with Crippen LogP contribution in [0.5, 0.6) is 0 Å². The van der Waals surface area contributed by atoms with E-state index in [1.54, 1.807) is 6.20 Å². The molecular weight excluding hydrogens is 464 g/mol. The number of nitrogens with zero attached hydrogens (tertiary/aromatic N) is 4. The van der Waals surface area contributed by atoms with E-state index in [2.05, 4.69) is 29.9 Å². The number of nitrogens with one attached hydrogen (secondary N) is 2. The molecule has 7 nitrogen and oxygen atoms in total. The summed E-state index contributed by atoms with van der Waals surface area (Å²) in [5.74, 6) is 0.452. The first-order valence-electron chi connectivity index (χ1n) is 9.77. The number of rotatable bonds is 5. The first-order chi connectivity index (χ1) is 15.5. The molecular formula is C22H17ClN6OS2. The van der Waals surface area contributed by atoms with Gasteiger partial charge in [-0.05, 0) is 49.1 Å². The number of hydrogen-bond acceptors (Lipinski definition) is 7. The van der Waals surface area contributed by atoms with Crippen molar-refractivity contribution < 1.29 is 4.79 Å². The van der Waals surface area contributed by atoms with Gasteiger partial charge in [-0.3, -0.25) is 9.89 Å². The van der Waals surface area contributed by atoms with Gasteiger partial charge in [0.2, 0.25) is 0 Å². The van der Waals surface area contributed by atoms with Gasteiger partial charge in [-0.2, -0.15) is 9.47 Å². The number of carbonyl (C=O) groups is 1. The standard InChI is InChI=1S/C22H17ClN6OS2/c1-11-20(31-12(2)25-11)22(30)26-15-5-3-4-14(8-15)21-27-18(32-29-21)9-13-6-7-17-16(19(13)23)10-24-28-17/h3-8,10H,9H2,1-2H3,(H,24,28)(H,26,30). The molecule has 0 radical (unpaired) electrons. The lowest BCUT2D eigenvalue weighted by Gasteiger charge is -2.05. The lowest BCUT2D eigenvalue weighted by atomic mass is 10.1. The lowest BCUT2D eigenvalue weighted by Crippen LogP contribution is -2.11. The first kappa shape index (κ1) is 20.7. The summed E-state index contributed by atoms with van der Waals surface area (Å²) in [6.07, 6.45) is 2.31. The molecule has 0 spiro atoms. The minimum atomic E-state index is -0.165. The van der Waals surface area contributed by atoms with Crippen LogP contribution in [-0.2, 0) is 6.42 Å². The van der Waals surface area contributed by atoms with Gasteiger partial charge in [0.15, 0.2) is 5.82 Å². The Morgan fingerprint density at radius 1 is 1.19 bits per heavy atom. The summed E-state index contributed by atoms with van der Waals surface area (Å²) >= 11 is 9.27. The van der Waals surface area contributed by atoms with Crippen LogP contribution in [0.25, 0.3) is 22.3 Å². The van der Waals surface area contributed by atoms with Gasteiger partial charge in [-0.1, -0.05) is 29.8 Å². The maximum Gasteiger partial charge on any atom is 0.267 e. The zero-order valence-corrected chi connectivity index (χ0v) is 19.5. The van der Waals surface area contributed by atoms with Gasteiger partial charge in [0.05, 0.1) is 27.4 Å². The molecule has 0 unspecified atom stereocenters. The predicted molar refractivity (Wildman–Crippen MR) is 129 cm³/mol. The fourth-order valence-electron chi connectivity index (χ4n) is 3.44. The molecule has 0 fully saturated rings. The molecule has 3 heterocycles. The highest BCUT2D eigenvalue weighted by molar-refractivity contribution is 7.13. The van der Waals surface area contributed by atoms with E-state index >= 15 is 0 Å². The second-order valence-corrected chi connectivity index (χ2v) is 9.66. The average Bonchev–Trinajstić information content (AvgIpc) is 3.50. The average molecular weight is 481 g/mol. The molecule has 0 aliphatic heterocycles. The Bertz CT molecular complexity index is 1450. The molecule has 160 valence electrons. The molecule has 5 rings (SSSR count). The molecule has 5 aromatic rings. The number of hydrogen-bond donors (Lipinski definition) is 2. The van der Waals surface area contributed by atoms with Gasteiger partial charge in [0.25, 0.3) is 5.91 Å². The van der Waals surface area contributed by atoms with E-state index in [4.69, 9.17) is 11.6 Å². The van der Waals surface area contributed by atoms with Crippen LogP contribution < -0.4 is 5.32 Å². The number of H-pyrrole nitrogens is 1. The number of thiazole rings is 1. The van der Waals surface area contributed by atoms with E-state index in [9.17, 15) is 4.79 Å². The highest BCUT2D eigenvalue weighted by atomic mass is 35.5. The maximum absolute atomic E-state index is 12.6. The lowest BCUT2D eigenvalue weighted by molar-refractivity contribution is 0.103. The van der Waals surface area contributed by atoms with Crippen molar-refractivity contribution in [2.24, 2.45) is 0 Å². The minimum Gasteiger partial charge on any atom is -0.321 e. The quantitative estimate of drug-likeness (QED) is 0.338. The van der Waals surface area contributed by atoms with Crippen LogP contribution in [0.1, 0.15) is 30.9 Å². The number of benzene rings is 2. The van der Waals surface area contributed by atoms with Crippen LogP contribution in [0.2, 0.25) is 5.02 Å². The van der Waals surface area contributed by atoms with E-state index < -0.39 is 0 Å². The van der Waals surface area contributed by atoms with Crippen LogP contribution in [0, 0.1) is 13.8 Å². The third-order valence-corrected chi connectivity index (χ3v) is 7.17. The zero-order chi connectivity index (χ0) is 22.2. The molecule has 0 aliphatic rings. The third kappa shape index (κ3) is 4.02. The van der Waals surface area contributed by atoms with Crippen molar-refractivity contribution in [1.29, 1.82) is 0 Å². The van der Waals surface area contributed by atoms with Crippen LogP contribution in [0.15, 0.2) is 42.6 Å². The fraction of sp³-hybridized carbons (Fsp3) is 0.136. The molecule has 0 aliphatic carbocycles. The molecule has 0 atom stereocenters. The minimum absolute atomic E-state index is 0.165. The highest BCUT2D eigenvalue weighted by Crippen LogP contribution is 2.29. The molecule has 3 aromatic heterocycles. The molecule has 10 heteroatoms. The van der Waals surface area contributed by atoms with Gasteiger partial charge >= 0.3 is 0 Å². The maximum atomic E-state index is 12.6. The fourth-order valence-corrected chi connectivity index (χ4v) is 5.22. The second kappa shape index (κ2) is 8.42. The summed E-state index contributed by atoms with van der Waals surface area (Å²) in [6.45, 7) is 3.73. The third-order valence-electron chi connectivity index (χ3n) is 4.94. The van der Waals surface area contributed by atoms with E-state index in [1.807, 2.05) is 50.2 Å². The van der Waals surface area contributed by atoms with Gasteiger partial charge in [-0.25, -0.2) is 9.97 Å². The number of amides is 1. The van der Waals surface area contributed by atoms with Crippen molar-refractivity contribution >= 4 is 57.0 Å². The number of fused-ring (bicyclic) bond motifs is 1. The van der Waals surface area contributed by atoms with Gasteiger partial charge in [0, 0.05) is 23.1 Å². The first-order valence-corrected chi connectivity index (χ1v) is 11.7. The van der Waals surface area contributed by atoms with Crippen molar-refractivity contribution in [2.75, 3.05) is 5.32 Å². The van der Waals surface area contributed by atoms with Crippen molar-refractivity contribution in [3.63, 3.8) is 0 Å². The van der Waals surface area contributed by atoms with E-state index in [1.165, 1.54) is 22.9 Å².